The minimum atomic E-state index is -2.89. The fourth-order valence-corrected chi connectivity index (χ4v) is 7.63. The lowest BCUT2D eigenvalue weighted by Gasteiger charge is -2.33. The van der Waals surface area contributed by atoms with Gasteiger partial charge in [-0.1, -0.05) is 36.4 Å². The number of hydrogen-bond acceptors (Lipinski definition) is 8. The Bertz CT molecular complexity index is 1810. The molecule has 45 heavy (non-hydrogen) atoms. The minimum Gasteiger partial charge on any atom is -0.444 e. The van der Waals surface area contributed by atoms with E-state index >= 15 is 0 Å². The van der Waals surface area contributed by atoms with Crippen molar-refractivity contribution >= 4 is 27.0 Å². The van der Waals surface area contributed by atoms with Crippen molar-refractivity contribution in [3.63, 3.8) is 0 Å². The number of sulfone groups is 1. The molecule has 2 aliphatic rings. The van der Waals surface area contributed by atoms with Crippen LogP contribution >= 0.6 is 0 Å². The molecule has 0 saturated carbocycles. The fraction of sp³-hybridized carbons (Fsp3) is 0.471. The summed E-state index contributed by atoms with van der Waals surface area (Å²) < 4.78 is 31.3. The van der Waals surface area contributed by atoms with Gasteiger partial charge in [-0.25, -0.2) is 18.2 Å². The summed E-state index contributed by atoms with van der Waals surface area (Å²) in [7, 11) is -2.89. The lowest BCUT2D eigenvalue weighted by Crippen LogP contribution is -2.42. The fourth-order valence-electron chi connectivity index (χ4n) is 6.35. The molecular weight excluding hydrogens is 588 g/mol. The lowest BCUT2D eigenvalue weighted by molar-refractivity contribution is 0.0184. The van der Waals surface area contributed by atoms with E-state index in [1.165, 1.54) is 0 Å². The minimum absolute atomic E-state index is 0.188. The van der Waals surface area contributed by atoms with E-state index in [1.54, 1.807) is 4.90 Å². The third-order valence-corrected chi connectivity index (χ3v) is 10.3. The zero-order valence-corrected chi connectivity index (χ0v) is 27.6. The first-order valence-electron chi connectivity index (χ1n) is 15.7. The molecule has 0 spiro atoms. The van der Waals surface area contributed by atoms with Crippen molar-refractivity contribution in [3.8, 4) is 22.4 Å². The largest absolute Gasteiger partial charge is 0.444 e. The van der Waals surface area contributed by atoms with Crippen molar-refractivity contribution in [3.05, 3.63) is 65.6 Å². The van der Waals surface area contributed by atoms with Crippen LogP contribution in [0.4, 0.5) is 4.79 Å². The van der Waals surface area contributed by atoms with Crippen LogP contribution in [0.15, 0.2) is 48.7 Å². The van der Waals surface area contributed by atoms with Crippen LogP contribution in [0, 0.1) is 13.8 Å². The highest BCUT2D eigenvalue weighted by molar-refractivity contribution is 7.91. The van der Waals surface area contributed by atoms with Crippen molar-refractivity contribution < 1.29 is 17.9 Å². The Balaban J connectivity index is 1.21. The Morgan fingerprint density at radius 3 is 2.33 bits per heavy atom. The van der Waals surface area contributed by atoms with E-state index in [4.69, 9.17) is 19.8 Å². The van der Waals surface area contributed by atoms with Crippen molar-refractivity contribution in [2.75, 3.05) is 37.7 Å². The van der Waals surface area contributed by atoms with E-state index in [2.05, 4.69) is 46.8 Å². The monoisotopic (exact) mass is 630 g/mol. The molecule has 0 atom stereocenters. The van der Waals surface area contributed by atoms with Gasteiger partial charge in [0.25, 0.3) is 0 Å². The van der Waals surface area contributed by atoms with E-state index in [9.17, 15) is 13.2 Å². The van der Waals surface area contributed by atoms with Gasteiger partial charge < -0.3 is 9.64 Å². The summed E-state index contributed by atoms with van der Waals surface area (Å²) in [5.74, 6) is 0.459. The third-order valence-electron chi connectivity index (χ3n) is 8.72. The van der Waals surface area contributed by atoms with Gasteiger partial charge in [0, 0.05) is 49.5 Å². The van der Waals surface area contributed by atoms with Gasteiger partial charge in [-0.3, -0.25) is 14.6 Å². The first-order chi connectivity index (χ1) is 21.4. The standard InChI is InChI=1S/C34H42N6O4S/c1-23-31(24(2)40(37-23)27-13-15-39(16-14-27)33(41)44-34(3,4)5)30-21-35-29-8-6-7-28(32(29)36-30)26-11-9-25(10-12-26)22-38-17-19-45(42,43)20-18-38/h6-12,21,27H,13-20,22H2,1-5H3. The first kappa shape index (κ1) is 31.2. The molecule has 2 aromatic carbocycles. The van der Waals surface area contributed by atoms with Crippen molar-refractivity contribution in [2.45, 2.75) is 65.6 Å². The smallest absolute Gasteiger partial charge is 0.410 e. The molecule has 0 unspecified atom stereocenters. The zero-order valence-electron chi connectivity index (χ0n) is 26.8. The van der Waals surface area contributed by atoms with Crippen molar-refractivity contribution in [1.29, 1.82) is 0 Å². The molecule has 0 aliphatic carbocycles. The van der Waals surface area contributed by atoms with Gasteiger partial charge in [0.15, 0.2) is 9.84 Å². The Labute approximate surface area is 265 Å². The number of aryl methyl sites for hydroxylation is 1. The number of aromatic nitrogens is 4. The van der Waals surface area contributed by atoms with E-state index in [-0.39, 0.29) is 23.6 Å². The van der Waals surface area contributed by atoms with Gasteiger partial charge in [0.2, 0.25) is 0 Å². The summed E-state index contributed by atoms with van der Waals surface area (Å²) in [4.78, 5) is 26.5. The van der Waals surface area contributed by atoms with Crippen LogP contribution in [0.25, 0.3) is 33.4 Å². The molecule has 6 rings (SSSR count). The normalized spacial score (nSPS) is 17.9. The van der Waals surface area contributed by atoms with E-state index < -0.39 is 15.4 Å². The molecule has 238 valence electrons. The molecule has 0 radical (unpaired) electrons. The average Bonchev–Trinajstić information content (AvgIpc) is 3.30. The summed E-state index contributed by atoms with van der Waals surface area (Å²) >= 11 is 0. The molecule has 0 N–H and O–H groups in total. The number of amides is 1. The predicted octanol–water partition coefficient (Wildman–Crippen LogP) is 5.58. The van der Waals surface area contributed by atoms with Crippen LogP contribution in [0.5, 0.6) is 0 Å². The van der Waals surface area contributed by atoms with Crippen LogP contribution in [0.1, 0.15) is 56.6 Å². The molecule has 4 heterocycles. The number of piperidine rings is 1. The van der Waals surface area contributed by atoms with Gasteiger partial charge in [-0.05, 0) is 64.7 Å². The molecule has 1 amide bonds. The molecule has 2 fully saturated rings. The highest BCUT2D eigenvalue weighted by atomic mass is 32.2. The Kier molecular flexibility index (Phi) is 8.43. The highest BCUT2D eigenvalue weighted by Crippen LogP contribution is 2.34. The van der Waals surface area contributed by atoms with E-state index in [1.807, 2.05) is 46.0 Å². The number of fused-ring (bicyclic) bond motifs is 1. The van der Waals surface area contributed by atoms with Crippen molar-refractivity contribution in [2.24, 2.45) is 0 Å². The number of likely N-dealkylation sites (tertiary alicyclic amines) is 1. The molecule has 2 saturated heterocycles. The van der Waals surface area contributed by atoms with Gasteiger partial charge in [0.1, 0.15) is 5.60 Å². The molecule has 2 aliphatic heterocycles. The summed E-state index contributed by atoms with van der Waals surface area (Å²) in [6.07, 6.45) is 3.19. The van der Waals surface area contributed by atoms with Crippen LogP contribution in [-0.4, -0.2) is 87.3 Å². The van der Waals surface area contributed by atoms with E-state index in [0.29, 0.717) is 26.2 Å². The molecule has 0 bridgehead atoms. The maximum Gasteiger partial charge on any atom is 0.410 e. The molecule has 2 aromatic heterocycles. The van der Waals surface area contributed by atoms with Crippen molar-refractivity contribution in [1.82, 2.24) is 29.5 Å². The van der Waals surface area contributed by atoms with Crippen LogP contribution in [-0.2, 0) is 21.1 Å². The number of carbonyl (C=O) groups is 1. The molecule has 4 aromatic rings. The second-order valence-corrected chi connectivity index (χ2v) is 15.5. The predicted molar refractivity (Wildman–Crippen MR) is 176 cm³/mol. The Morgan fingerprint density at radius 1 is 0.978 bits per heavy atom. The maximum absolute atomic E-state index is 12.6. The third kappa shape index (κ3) is 6.89. The topological polar surface area (TPSA) is 111 Å². The lowest BCUT2D eigenvalue weighted by atomic mass is 10.0. The van der Waals surface area contributed by atoms with Gasteiger partial charge >= 0.3 is 6.09 Å². The number of rotatable bonds is 5. The number of hydrogen-bond donors (Lipinski definition) is 0. The number of benzene rings is 2. The molecule has 10 nitrogen and oxygen atoms in total. The summed E-state index contributed by atoms with van der Waals surface area (Å²) in [6.45, 7) is 12.9. The average molecular weight is 631 g/mol. The number of nitrogens with zero attached hydrogens (tertiary/aromatic N) is 6. The van der Waals surface area contributed by atoms with Crippen LogP contribution in [0.3, 0.4) is 0 Å². The quantitative estimate of drug-likeness (QED) is 0.281. The van der Waals surface area contributed by atoms with Crippen LogP contribution in [0.2, 0.25) is 0 Å². The van der Waals surface area contributed by atoms with Gasteiger partial charge in [-0.2, -0.15) is 5.10 Å². The second-order valence-electron chi connectivity index (χ2n) is 13.2. The first-order valence-corrected chi connectivity index (χ1v) is 17.5. The summed E-state index contributed by atoms with van der Waals surface area (Å²) in [5, 5.41) is 4.94. The van der Waals surface area contributed by atoms with Gasteiger partial charge in [0.05, 0.1) is 46.2 Å². The van der Waals surface area contributed by atoms with E-state index in [0.717, 1.165) is 69.8 Å². The highest BCUT2D eigenvalue weighted by Gasteiger charge is 2.30. The van der Waals surface area contributed by atoms with Gasteiger partial charge in [-0.15, -0.1) is 0 Å². The Hall–Kier alpha value is -3.83. The SMILES string of the molecule is Cc1nn(C2CCN(C(=O)OC(C)(C)C)CC2)c(C)c1-c1cnc2cccc(-c3ccc(CN4CCS(=O)(=O)CC4)cc3)c2n1. The zero-order chi connectivity index (χ0) is 31.9. The summed E-state index contributed by atoms with van der Waals surface area (Å²) in [5.41, 5.74) is 8.10. The number of carbonyl (C=O) groups excluding carboxylic acids is 1. The number of para-hydroxylation sites is 1. The Morgan fingerprint density at radius 2 is 1.67 bits per heavy atom. The molecular formula is C34H42N6O4S. The second kappa shape index (κ2) is 12.2. The van der Waals surface area contributed by atoms with Crippen LogP contribution < -0.4 is 0 Å². The summed E-state index contributed by atoms with van der Waals surface area (Å²) in [6, 6.07) is 14.7. The maximum atomic E-state index is 12.6. The number of ether oxygens (including phenoxy) is 1. The molecule has 11 heteroatoms.